The quantitative estimate of drug-likeness (QED) is 0.609. The Morgan fingerprint density at radius 2 is 2.07 bits per heavy atom. The highest BCUT2D eigenvalue weighted by atomic mass is 32.1. The van der Waals surface area contributed by atoms with Crippen molar-refractivity contribution in [3.05, 3.63) is 63.6 Å². The maximum Gasteiger partial charge on any atom is 0.341 e. The van der Waals surface area contributed by atoms with Gasteiger partial charge in [-0.25, -0.2) is 4.79 Å². The van der Waals surface area contributed by atoms with Crippen LogP contribution in [0.5, 0.6) is 5.75 Å². The van der Waals surface area contributed by atoms with E-state index in [1.807, 2.05) is 44.2 Å². The highest BCUT2D eigenvalue weighted by molar-refractivity contribution is 7.16. The number of carbonyl (C=O) groups excluding carboxylic acids is 2. The molecule has 1 amide bonds. The maximum absolute atomic E-state index is 12.3. The number of esters is 1. The summed E-state index contributed by atoms with van der Waals surface area (Å²) in [6, 6.07) is 7.74. The molecule has 140 valence electrons. The molecule has 3 rings (SSSR count). The van der Waals surface area contributed by atoms with Crippen molar-refractivity contribution in [3.63, 3.8) is 0 Å². The normalized spacial score (nSPS) is 12.9. The van der Waals surface area contributed by atoms with Gasteiger partial charge in [-0.15, -0.1) is 11.3 Å². The van der Waals surface area contributed by atoms with Gasteiger partial charge >= 0.3 is 5.97 Å². The Labute approximate surface area is 162 Å². The SMILES string of the molecule is CCOC(=O)c1c(NC(=O)/C=C/C2=Cc3ccccc3OC2)sc(C)c1C. The molecule has 0 spiro atoms. The Hall–Kier alpha value is -2.86. The van der Waals surface area contributed by atoms with Gasteiger partial charge in [0, 0.05) is 16.5 Å². The smallest absolute Gasteiger partial charge is 0.341 e. The van der Waals surface area contributed by atoms with Gasteiger partial charge in [-0.05, 0) is 44.1 Å². The van der Waals surface area contributed by atoms with Crippen molar-refractivity contribution in [3.8, 4) is 5.75 Å². The monoisotopic (exact) mass is 383 g/mol. The average molecular weight is 383 g/mol. The molecular formula is C21H21NO4S. The number of anilines is 1. The van der Waals surface area contributed by atoms with Crippen LogP contribution < -0.4 is 10.1 Å². The van der Waals surface area contributed by atoms with E-state index >= 15 is 0 Å². The molecule has 1 aliphatic heterocycles. The minimum atomic E-state index is -0.418. The topological polar surface area (TPSA) is 64.6 Å². The van der Waals surface area contributed by atoms with Gasteiger partial charge in [0.25, 0.3) is 0 Å². The molecule has 0 radical (unpaired) electrons. The van der Waals surface area contributed by atoms with Crippen molar-refractivity contribution in [2.45, 2.75) is 20.8 Å². The largest absolute Gasteiger partial charge is 0.488 e. The highest BCUT2D eigenvalue weighted by Crippen LogP contribution is 2.33. The van der Waals surface area contributed by atoms with Gasteiger partial charge in [0.05, 0.1) is 12.2 Å². The third kappa shape index (κ3) is 4.28. The Morgan fingerprint density at radius 1 is 1.30 bits per heavy atom. The third-order valence-electron chi connectivity index (χ3n) is 4.20. The Kier molecular flexibility index (Phi) is 5.76. The standard InChI is InChI=1S/C21H21NO4S/c1-4-25-21(24)19-13(2)14(3)27-20(19)22-18(23)10-9-15-11-16-7-5-6-8-17(16)26-12-15/h5-11H,4,12H2,1-3H3,(H,22,23)/b10-9+. The molecule has 2 heterocycles. The van der Waals surface area contributed by atoms with Gasteiger partial charge in [-0.2, -0.15) is 0 Å². The fourth-order valence-corrected chi connectivity index (χ4v) is 3.78. The van der Waals surface area contributed by atoms with Crippen molar-refractivity contribution >= 4 is 34.3 Å². The molecule has 2 aromatic rings. The predicted molar refractivity (Wildman–Crippen MR) is 107 cm³/mol. The van der Waals surface area contributed by atoms with Crippen molar-refractivity contribution in [1.29, 1.82) is 0 Å². The molecule has 0 saturated carbocycles. The number of nitrogens with one attached hydrogen (secondary N) is 1. The van der Waals surface area contributed by atoms with Crippen LogP contribution in [-0.2, 0) is 9.53 Å². The van der Waals surface area contributed by atoms with Crippen molar-refractivity contribution in [1.82, 2.24) is 0 Å². The zero-order valence-electron chi connectivity index (χ0n) is 15.5. The predicted octanol–water partition coefficient (Wildman–Crippen LogP) is 4.51. The summed E-state index contributed by atoms with van der Waals surface area (Å²) in [5.41, 5.74) is 3.14. The van der Waals surface area contributed by atoms with Gasteiger partial charge < -0.3 is 14.8 Å². The van der Waals surface area contributed by atoms with Crippen molar-refractivity contribution in [2.75, 3.05) is 18.5 Å². The molecule has 1 N–H and O–H groups in total. The van der Waals surface area contributed by atoms with Gasteiger partial charge in [0.1, 0.15) is 17.4 Å². The third-order valence-corrected chi connectivity index (χ3v) is 5.33. The number of aryl methyl sites for hydroxylation is 1. The van der Waals surface area contributed by atoms with Crippen LogP contribution in [0.15, 0.2) is 42.0 Å². The van der Waals surface area contributed by atoms with Crippen LogP contribution in [-0.4, -0.2) is 25.1 Å². The second-order valence-electron chi connectivity index (χ2n) is 6.08. The number of carbonyl (C=O) groups is 2. The van der Waals surface area contributed by atoms with E-state index in [0.717, 1.165) is 27.3 Å². The fraction of sp³-hybridized carbons (Fsp3) is 0.238. The Morgan fingerprint density at radius 3 is 2.85 bits per heavy atom. The van der Waals surface area contributed by atoms with Gasteiger partial charge in [0.2, 0.25) is 5.91 Å². The van der Waals surface area contributed by atoms with E-state index in [0.29, 0.717) is 17.2 Å². The number of benzene rings is 1. The summed E-state index contributed by atoms with van der Waals surface area (Å²) in [7, 11) is 0. The molecule has 1 aliphatic rings. The van der Waals surface area contributed by atoms with E-state index in [9.17, 15) is 9.59 Å². The van der Waals surface area contributed by atoms with Crippen molar-refractivity contribution < 1.29 is 19.1 Å². The first-order valence-electron chi connectivity index (χ1n) is 8.68. The van der Waals surface area contributed by atoms with Crippen LogP contribution in [0, 0.1) is 13.8 Å². The summed E-state index contributed by atoms with van der Waals surface area (Å²) in [5.74, 6) is 0.114. The number of rotatable bonds is 5. The molecule has 27 heavy (non-hydrogen) atoms. The molecule has 1 aromatic heterocycles. The molecule has 0 bridgehead atoms. The molecule has 0 unspecified atom stereocenters. The number of ether oxygens (including phenoxy) is 2. The van der Waals surface area contributed by atoms with E-state index in [1.165, 1.54) is 17.4 Å². The summed E-state index contributed by atoms with van der Waals surface area (Å²) >= 11 is 1.37. The lowest BCUT2D eigenvalue weighted by atomic mass is 10.1. The number of amides is 1. The van der Waals surface area contributed by atoms with Gasteiger partial charge in [-0.3, -0.25) is 4.79 Å². The van der Waals surface area contributed by atoms with E-state index in [-0.39, 0.29) is 12.5 Å². The summed E-state index contributed by atoms with van der Waals surface area (Å²) < 4.78 is 10.8. The maximum atomic E-state index is 12.3. The Bertz CT molecular complexity index is 940. The molecular weight excluding hydrogens is 362 g/mol. The van der Waals surface area contributed by atoms with Gasteiger partial charge in [-0.1, -0.05) is 24.3 Å². The van der Waals surface area contributed by atoms with Crippen LogP contribution >= 0.6 is 11.3 Å². The molecule has 0 atom stereocenters. The van der Waals surface area contributed by atoms with E-state index < -0.39 is 5.97 Å². The van der Waals surface area contributed by atoms with Crippen LogP contribution in [0.3, 0.4) is 0 Å². The zero-order valence-corrected chi connectivity index (χ0v) is 16.3. The Balaban J connectivity index is 1.74. The molecule has 0 saturated heterocycles. The fourth-order valence-electron chi connectivity index (χ4n) is 2.73. The van der Waals surface area contributed by atoms with E-state index in [1.54, 1.807) is 13.0 Å². The minimum absolute atomic E-state index is 0.288. The molecule has 1 aromatic carbocycles. The summed E-state index contributed by atoms with van der Waals surface area (Å²) in [5, 5.41) is 3.31. The number of para-hydroxylation sites is 1. The number of hydrogen-bond acceptors (Lipinski definition) is 5. The second-order valence-corrected chi connectivity index (χ2v) is 7.30. The zero-order chi connectivity index (χ0) is 19.4. The summed E-state index contributed by atoms with van der Waals surface area (Å²) in [6.07, 6.45) is 5.16. The summed E-state index contributed by atoms with van der Waals surface area (Å²) in [6.45, 7) is 6.22. The molecule has 6 heteroatoms. The first-order valence-corrected chi connectivity index (χ1v) is 9.49. The van der Waals surface area contributed by atoms with E-state index in [4.69, 9.17) is 9.47 Å². The summed E-state index contributed by atoms with van der Waals surface area (Å²) in [4.78, 5) is 25.5. The molecule has 5 nitrogen and oxygen atoms in total. The van der Waals surface area contributed by atoms with Crippen LogP contribution in [0.2, 0.25) is 0 Å². The lowest BCUT2D eigenvalue weighted by Gasteiger charge is -2.15. The molecule has 0 fully saturated rings. The van der Waals surface area contributed by atoms with Gasteiger partial charge in [0.15, 0.2) is 0 Å². The number of fused-ring (bicyclic) bond motifs is 1. The number of thiophene rings is 1. The number of hydrogen-bond donors (Lipinski definition) is 1. The lowest BCUT2D eigenvalue weighted by Crippen LogP contribution is -2.13. The van der Waals surface area contributed by atoms with Crippen LogP contribution in [0.4, 0.5) is 5.00 Å². The van der Waals surface area contributed by atoms with Crippen molar-refractivity contribution in [2.24, 2.45) is 0 Å². The average Bonchev–Trinajstić information content (AvgIpc) is 2.93. The highest BCUT2D eigenvalue weighted by Gasteiger charge is 2.21. The van der Waals surface area contributed by atoms with Crippen LogP contribution in [0.1, 0.15) is 33.3 Å². The molecule has 0 aliphatic carbocycles. The first-order chi connectivity index (χ1) is 13.0. The first kappa shape index (κ1) is 18.9. The second kappa shape index (κ2) is 8.22. The van der Waals surface area contributed by atoms with E-state index in [2.05, 4.69) is 5.32 Å². The lowest BCUT2D eigenvalue weighted by molar-refractivity contribution is -0.111. The van der Waals surface area contributed by atoms with Crippen LogP contribution in [0.25, 0.3) is 6.08 Å². The minimum Gasteiger partial charge on any atom is -0.488 e.